The summed E-state index contributed by atoms with van der Waals surface area (Å²) in [6, 6.07) is 12.1. The Kier molecular flexibility index (Phi) is 5.44. The fourth-order valence-electron chi connectivity index (χ4n) is 3.71. The van der Waals surface area contributed by atoms with Gasteiger partial charge in [0.25, 0.3) is 11.7 Å². The van der Waals surface area contributed by atoms with Crippen LogP contribution in [0.2, 0.25) is 0 Å². The molecule has 1 atom stereocenters. The fourth-order valence-corrected chi connectivity index (χ4v) is 3.71. The third kappa shape index (κ3) is 3.49. The van der Waals surface area contributed by atoms with E-state index in [1.54, 1.807) is 31.2 Å². The van der Waals surface area contributed by atoms with E-state index in [2.05, 4.69) is 0 Å². The molecular weight excluding hydrogens is 417 g/mol. The molecule has 0 spiro atoms. The van der Waals surface area contributed by atoms with E-state index in [1.165, 1.54) is 49.5 Å². The van der Waals surface area contributed by atoms with Crippen LogP contribution in [0.15, 0.2) is 64.6 Å². The molecule has 1 aromatic heterocycles. The molecule has 8 heteroatoms. The highest BCUT2D eigenvalue weighted by molar-refractivity contribution is 6.51. The first kappa shape index (κ1) is 21.2. The maximum Gasteiger partial charge on any atom is 0.300 e. The van der Waals surface area contributed by atoms with Crippen molar-refractivity contribution in [2.45, 2.75) is 13.0 Å². The molecule has 0 bridgehead atoms. The van der Waals surface area contributed by atoms with Crippen molar-refractivity contribution in [2.75, 3.05) is 19.1 Å². The molecule has 1 unspecified atom stereocenters. The number of aryl methyl sites for hydroxylation is 1. The van der Waals surface area contributed by atoms with Crippen LogP contribution in [-0.4, -0.2) is 31.0 Å². The first-order valence-corrected chi connectivity index (χ1v) is 9.71. The molecule has 2 heterocycles. The van der Waals surface area contributed by atoms with Crippen molar-refractivity contribution in [1.29, 1.82) is 0 Å². The van der Waals surface area contributed by atoms with E-state index in [1.807, 2.05) is 0 Å². The Labute approximate surface area is 183 Å². The zero-order valence-corrected chi connectivity index (χ0v) is 17.6. The van der Waals surface area contributed by atoms with E-state index in [-0.39, 0.29) is 28.3 Å². The standard InChI is InChI=1S/C24H20FNO6/c1-13-4-11-18(32-13)21-20(22(27)17-10-9-16(30-2)12-19(17)31-3)23(28)24(29)26(21)15-7-5-14(25)6-8-15/h4-12,21,27H,1-3H3/b22-20-. The molecule has 7 nitrogen and oxygen atoms in total. The average Bonchev–Trinajstić information content (AvgIpc) is 3.34. The first-order valence-electron chi connectivity index (χ1n) is 9.71. The van der Waals surface area contributed by atoms with Crippen molar-refractivity contribution in [2.24, 2.45) is 0 Å². The number of aliphatic hydroxyl groups is 1. The van der Waals surface area contributed by atoms with Crippen molar-refractivity contribution in [3.8, 4) is 11.5 Å². The number of amides is 1. The number of halogens is 1. The number of furan rings is 1. The second-order valence-corrected chi connectivity index (χ2v) is 7.16. The smallest absolute Gasteiger partial charge is 0.300 e. The number of rotatable bonds is 5. The Balaban J connectivity index is 1.94. The molecule has 4 rings (SSSR count). The van der Waals surface area contributed by atoms with Gasteiger partial charge in [-0.25, -0.2) is 4.39 Å². The van der Waals surface area contributed by atoms with Crippen LogP contribution in [0, 0.1) is 12.7 Å². The minimum Gasteiger partial charge on any atom is -0.507 e. The summed E-state index contributed by atoms with van der Waals surface area (Å²) in [6.07, 6.45) is 0. The Bertz CT molecular complexity index is 1230. The largest absolute Gasteiger partial charge is 0.507 e. The monoisotopic (exact) mass is 437 g/mol. The van der Waals surface area contributed by atoms with Gasteiger partial charge in [-0.1, -0.05) is 0 Å². The van der Waals surface area contributed by atoms with Crippen molar-refractivity contribution >= 4 is 23.1 Å². The van der Waals surface area contributed by atoms with Crippen LogP contribution >= 0.6 is 0 Å². The molecule has 1 fully saturated rings. The van der Waals surface area contributed by atoms with Gasteiger partial charge in [-0.15, -0.1) is 0 Å². The highest BCUT2D eigenvalue weighted by atomic mass is 19.1. The number of ketones is 1. The van der Waals surface area contributed by atoms with Gasteiger partial charge in [0.2, 0.25) is 0 Å². The van der Waals surface area contributed by atoms with Gasteiger partial charge in [0.15, 0.2) is 0 Å². The number of methoxy groups -OCH3 is 2. The normalized spacial score (nSPS) is 17.6. The van der Waals surface area contributed by atoms with Crippen LogP contribution in [0.1, 0.15) is 23.1 Å². The summed E-state index contributed by atoms with van der Waals surface area (Å²) in [4.78, 5) is 27.3. The van der Waals surface area contributed by atoms with Crippen LogP contribution < -0.4 is 14.4 Å². The molecule has 1 N–H and O–H groups in total. The number of aliphatic hydroxyl groups excluding tert-OH is 1. The number of Topliss-reactive ketones (excluding diaryl/α,β-unsaturated/α-hetero) is 1. The third-order valence-corrected chi connectivity index (χ3v) is 5.24. The molecule has 1 saturated heterocycles. The zero-order chi connectivity index (χ0) is 23.0. The number of carbonyl (C=O) groups is 2. The van der Waals surface area contributed by atoms with Gasteiger partial charge in [-0.2, -0.15) is 0 Å². The summed E-state index contributed by atoms with van der Waals surface area (Å²) in [7, 11) is 2.90. The van der Waals surface area contributed by atoms with Crippen LogP contribution in [0.5, 0.6) is 11.5 Å². The molecule has 0 saturated carbocycles. The van der Waals surface area contributed by atoms with Gasteiger partial charge in [0, 0.05) is 11.8 Å². The van der Waals surface area contributed by atoms with Gasteiger partial charge >= 0.3 is 0 Å². The lowest BCUT2D eigenvalue weighted by Gasteiger charge is -2.23. The summed E-state index contributed by atoms with van der Waals surface area (Å²) in [5, 5.41) is 11.2. The molecule has 164 valence electrons. The lowest BCUT2D eigenvalue weighted by molar-refractivity contribution is -0.132. The number of nitrogens with zero attached hydrogens (tertiary/aromatic N) is 1. The highest BCUT2D eigenvalue weighted by Gasteiger charge is 2.48. The molecule has 1 aliphatic rings. The van der Waals surface area contributed by atoms with Crippen molar-refractivity contribution < 1.29 is 33.0 Å². The predicted octanol–water partition coefficient (Wildman–Crippen LogP) is 4.37. The first-order chi connectivity index (χ1) is 15.3. The van der Waals surface area contributed by atoms with Crippen LogP contribution in [0.3, 0.4) is 0 Å². The number of benzene rings is 2. The summed E-state index contributed by atoms with van der Waals surface area (Å²) < 4.78 is 29.7. The fraction of sp³-hybridized carbons (Fsp3) is 0.167. The lowest BCUT2D eigenvalue weighted by atomic mass is 9.98. The van der Waals surface area contributed by atoms with Crippen molar-refractivity contribution in [3.63, 3.8) is 0 Å². The van der Waals surface area contributed by atoms with E-state index < -0.39 is 29.3 Å². The molecule has 0 aliphatic carbocycles. The molecule has 0 radical (unpaired) electrons. The number of anilines is 1. The van der Waals surface area contributed by atoms with E-state index in [4.69, 9.17) is 13.9 Å². The number of carbonyl (C=O) groups excluding carboxylic acids is 2. The molecule has 3 aromatic rings. The number of hydrogen-bond donors (Lipinski definition) is 1. The average molecular weight is 437 g/mol. The van der Waals surface area contributed by atoms with E-state index in [0.29, 0.717) is 11.5 Å². The summed E-state index contributed by atoms with van der Waals surface area (Å²) in [6.45, 7) is 1.72. The molecule has 1 aliphatic heterocycles. The SMILES string of the molecule is COc1ccc(/C(O)=C2/C(=O)C(=O)N(c3ccc(F)cc3)C2c2ccc(C)o2)c(OC)c1. The van der Waals surface area contributed by atoms with E-state index >= 15 is 0 Å². The van der Waals surface area contributed by atoms with Gasteiger partial charge in [-0.3, -0.25) is 14.5 Å². The molecule has 1 amide bonds. The molecule has 2 aromatic carbocycles. The predicted molar refractivity (Wildman–Crippen MR) is 114 cm³/mol. The van der Waals surface area contributed by atoms with Crippen molar-refractivity contribution in [1.82, 2.24) is 0 Å². The maximum atomic E-state index is 13.5. The summed E-state index contributed by atoms with van der Waals surface area (Å²) in [5.74, 6) is -1.10. The van der Waals surface area contributed by atoms with E-state index in [0.717, 1.165) is 0 Å². The zero-order valence-electron chi connectivity index (χ0n) is 17.6. The lowest BCUT2D eigenvalue weighted by Crippen LogP contribution is -2.29. The summed E-state index contributed by atoms with van der Waals surface area (Å²) in [5.41, 5.74) is 0.323. The van der Waals surface area contributed by atoms with Crippen LogP contribution in [-0.2, 0) is 9.59 Å². The quantitative estimate of drug-likeness (QED) is 0.362. The maximum absolute atomic E-state index is 13.5. The van der Waals surface area contributed by atoms with Gasteiger partial charge in [0.1, 0.15) is 40.6 Å². The minimum atomic E-state index is -1.05. The van der Waals surface area contributed by atoms with E-state index in [9.17, 15) is 19.1 Å². The Hall–Kier alpha value is -4.07. The van der Waals surface area contributed by atoms with Gasteiger partial charge in [-0.05, 0) is 55.5 Å². The Morgan fingerprint density at radius 2 is 1.75 bits per heavy atom. The third-order valence-electron chi connectivity index (χ3n) is 5.24. The second kappa shape index (κ2) is 8.22. The van der Waals surface area contributed by atoms with Gasteiger partial charge < -0.3 is 19.0 Å². The van der Waals surface area contributed by atoms with Crippen LogP contribution in [0.4, 0.5) is 10.1 Å². The number of ether oxygens (including phenoxy) is 2. The summed E-state index contributed by atoms with van der Waals surface area (Å²) >= 11 is 0. The highest BCUT2D eigenvalue weighted by Crippen LogP contribution is 2.44. The van der Waals surface area contributed by atoms with Crippen molar-refractivity contribution in [3.05, 3.63) is 83.1 Å². The Morgan fingerprint density at radius 1 is 1.03 bits per heavy atom. The molecule has 32 heavy (non-hydrogen) atoms. The topological polar surface area (TPSA) is 89.2 Å². The Morgan fingerprint density at radius 3 is 2.34 bits per heavy atom. The minimum absolute atomic E-state index is 0.169. The van der Waals surface area contributed by atoms with Crippen LogP contribution in [0.25, 0.3) is 5.76 Å². The number of hydrogen-bond acceptors (Lipinski definition) is 6. The van der Waals surface area contributed by atoms with Gasteiger partial charge in [0.05, 0.1) is 25.4 Å². The molecular formula is C24H20FNO6. The second-order valence-electron chi connectivity index (χ2n) is 7.16.